The van der Waals surface area contributed by atoms with Crippen LogP contribution in [0.5, 0.6) is 5.75 Å². The Hall–Kier alpha value is -2.53. The molecule has 5 nitrogen and oxygen atoms in total. The summed E-state index contributed by atoms with van der Waals surface area (Å²) in [7, 11) is 0. The maximum Gasteiger partial charge on any atom is 0.251 e. The van der Waals surface area contributed by atoms with Crippen LogP contribution in [0.4, 0.5) is 0 Å². The van der Waals surface area contributed by atoms with Crippen LogP contribution in [0.1, 0.15) is 36.7 Å². The number of rotatable bonds is 8. The molecule has 2 aromatic carbocycles. The zero-order valence-electron chi connectivity index (χ0n) is 15.8. The molecule has 0 aliphatic heterocycles. The number of benzene rings is 2. The molecule has 2 amide bonds. The van der Waals surface area contributed by atoms with E-state index in [1.807, 2.05) is 32.9 Å². The maximum atomic E-state index is 12.6. The summed E-state index contributed by atoms with van der Waals surface area (Å²) in [5, 5.41) is 6.29. The van der Waals surface area contributed by atoms with Gasteiger partial charge >= 0.3 is 0 Å². The Kier molecular flexibility index (Phi) is 7.67. The average molecular weight is 389 g/mol. The Morgan fingerprint density at radius 3 is 2.41 bits per heavy atom. The van der Waals surface area contributed by atoms with Gasteiger partial charge in [-0.25, -0.2) is 0 Å². The Balaban J connectivity index is 1.98. The number of amides is 2. The molecule has 2 aromatic rings. The zero-order valence-corrected chi connectivity index (χ0v) is 16.5. The highest BCUT2D eigenvalue weighted by Crippen LogP contribution is 2.13. The van der Waals surface area contributed by atoms with E-state index in [1.54, 1.807) is 36.4 Å². The summed E-state index contributed by atoms with van der Waals surface area (Å²) in [5.74, 6) is 0.114. The largest absolute Gasteiger partial charge is 0.494 e. The minimum absolute atomic E-state index is 0.0593. The molecule has 0 fully saturated rings. The van der Waals surface area contributed by atoms with Crippen LogP contribution in [0.15, 0.2) is 48.5 Å². The first-order valence-corrected chi connectivity index (χ1v) is 9.34. The maximum absolute atomic E-state index is 12.6. The Bertz CT molecular complexity index is 775. The van der Waals surface area contributed by atoms with E-state index in [4.69, 9.17) is 16.3 Å². The second-order valence-corrected chi connectivity index (χ2v) is 6.94. The molecule has 0 aromatic heterocycles. The second kappa shape index (κ2) is 9.97. The summed E-state index contributed by atoms with van der Waals surface area (Å²) in [5.41, 5.74) is 1.38. The lowest BCUT2D eigenvalue weighted by Gasteiger charge is -2.22. The van der Waals surface area contributed by atoms with Crippen LogP contribution in [0.25, 0.3) is 0 Å². The first kappa shape index (κ1) is 20.8. The molecular weight excluding hydrogens is 364 g/mol. The van der Waals surface area contributed by atoms with Gasteiger partial charge in [-0.2, -0.15) is 0 Å². The highest BCUT2D eigenvalue weighted by Gasteiger charge is 2.24. The van der Waals surface area contributed by atoms with Crippen molar-refractivity contribution in [2.45, 2.75) is 33.4 Å². The van der Waals surface area contributed by atoms with E-state index >= 15 is 0 Å². The predicted molar refractivity (Wildman–Crippen MR) is 107 cm³/mol. The summed E-state index contributed by atoms with van der Waals surface area (Å²) >= 11 is 5.96. The molecule has 0 unspecified atom stereocenters. The number of halogens is 1. The SMILES string of the molecule is CCOc1ccc(C(=O)N[C@@H](C(=O)NCc2cccc(Cl)c2)C(C)C)cc1. The molecule has 1 atom stereocenters. The van der Waals surface area contributed by atoms with E-state index in [0.29, 0.717) is 29.5 Å². The molecular formula is C21H25ClN2O3. The van der Waals surface area contributed by atoms with Crippen LogP contribution in [-0.2, 0) is 11.3 Å². The van der Waals surface area contributed by atoms with E-state index in [1.165, 1.54) is 0 Å². The molecule has 0 aliphatic carbocycles. The van der Waals surface area contributed by atoms with Crippen LogP contribution < -0.4 is 15.4 Å². The molecule has 0 radical (unpaired) electrons. The lowest BCUT2D eigenvalue weighted by Crippen LogP contribution is -2.49. The number of carbonyl (C=O) groups excluding carboxylic acids is 2. The standard InChI is InChI=1S/C21H25ClN2O3/c1-4-27-18-10-8-16(9-11-18)20(25)24-19(14(2)3)21(26)23-13-15-6-5-7-17(22)12-15/h5-12,14,19H,4,13H2,1-3H3,(H,23,26)(H,24,25)/t19-/m1/s1. The van der Waals surface area contributed by atoms with E-state index in [-0.39, 0.29) is 17.7 Å². The quantitative estimate of drug-likeness (QED) is 0.722. The van der Waals surface area contributed by atoms with Crippen LogP contribution >= 0.6 is 11.6 Å². The van der Waals surface area contributed by atoms with Gasteiger partial charge in [0.05, 0.1) is 6.61 Å². The molecule has 6 heteroatoms. The third-order valence-electron chi connectivity index (χ3n) is 4.02. The number of hydrogen-bond donors (Lipinski definition) is 2. The Morgan fingerprint density at radius 2 is 1.81 bits per heavy atom. The molecule has 0 saturated carbocycles. The van der Waals surface area contributed by atoms with Crippen LogP contribution in [0.2, 0.25) is 5.02 Å². The average Bonchev–Trinajstić information content (AvgIpc) is 2.64. The van der Waals surface area contributed by atoms with Gasteiger partial charge in [0.15, 0.2) is 0 Å². The minimum Gasteiger partial charge on any atom is -0.494 e. The molecule has 0 aliphatic rings. The van der Waals surface area contributed by atoms with Gasteiger partial charge in [-0.3, -0.25) is 9.59 Å². The first-order valence-electron chi connectivity index (χ1n) is 8.96. The number of nitrogens with one attached hydrogen (secondary N) is 2. The van der Waals surface area contributed by atoms with Gasteiger partial charge in [-0.05, 0) is 54.8 Å². The minimum atomic E-state index is -0.636. The molecule has 0 bridgehead atoms. The molecule has 27 heavy (non-hydrogen) atoms. The summed E-state index contributed by atoms with van der Waals surface area (Å²) in [4.78, 5) is 25.1. The van der Waals surface area contributed by atoms with Crippen LogP contribution in [0.3, 0.4) is 0 Å². The Labute approximate surface area is 165 Å². The van der Waals surface area contributed by atoms with E-state index < -0.39 is 6.04 Å². The second-order valence-electron chi connectivity index (χ2n) is 6.50. The molecule has 0 saturated heterocycles. The highest BCUT2D eigenvalue weighted by molar-refractivity contribution is 6.30. The van der Waals surface area contributed by atoms with Gasteiger partial charge in [0.2, 0.25) is 5.91 Å². The van der Waals surface area contributed by atoms with E-state index in [0.717, 1.165) is 5.56 Å². The van der Waals surface area contributed by atoms with Crippen molar-refractivity contribution in [1.29, 1.82) is 0 Å². The zero-order chi connectivity index (χ0) is 19.8. The van der Waals surface area contributed by atoms with E-state index in [2.05, 4.69) is 10.6 Å². The van der Waals surface area contributed by atoms with Crippen LogP contribution in [-0.4, -0.2) is 24.5 Å². The number of ether oxygens (including phenoxy) is 1. The summed E-state index contributed by atoms with van der Waals surface area (Å²) in [6.07, 6.45) is 0. The lowest BCUT2D eigenvalue weighted by atomic mass is 10.0. The third kappa shape index (κ3) is 6.29. The van der Waals surface area contributed by atoms with Crippen molar-refractivity contribution in [2.24, 2.45) is 5.92 Å². The Morgan fingerprint density at radius 1 is 1.11 bits per heavy atom. The smallest absolute Gasteiger partial charge is 0.251 e. The van der Waals surface area contributed by atoms with Crippen molar-refractivity contribution >= 4 is 23.4 Å². The normalized spacial score (nSPS) is 11.7. The van der Waals surface area contributed by atoms with Crippen molar-refractivity contribution in [2.75, 3.05) is 6.61 Å². The lowest BCUT2D eigenvalue weighted by molar-refractivity contribution is -0.124. The van der Waals surface area contributed by atoms with Gasteiger partial charge in [0.25, 0.3) is 5.91 Å². The fraction of sp³-hybridized carbons (Fsp3) is 0.333. The van der Waals surface area contributed by atoms with Crippen molar-refractivity contribution in [3.8, 4) is 5.75 Å². The molecule has 144 valence electrons. The first-order chi connectivity index (χ1) is 12.9. The fourth-order valence-corrected chi connectivity index (χ4v) is 2.79. The van der Waals surface area contributed by atoms with Gasteiger partial charge in [0.1, 0.15) is 11.8 Å². The topological polar surface area (TPSA) is 67.4 Å². The van der Waals surface area contributed by atoms with Gasteiger partial charge in [-0.15, -0.1) is 0 Å². The third-order valence-corrected chi connectivity index (χ3v) is 4.25. The van der Waals surface area contributed by atoms with Crippen molar-refractivity contribution in [3.63, 3.8) is 0 Å². The molecule has 0 heterocycles. The number of hydrogen-bond acceptors (Lipinski definition) is 3. The highest BCUT2D eigenvalue weighted by atomic mass is 35.5. The predicted octanol–water partition coefficient (Wildman–Crippen LogP) is 3.81. The molecule has 2 N–H and O–H groups in total. The summed E-state index contributed by atoms with van der Waals surface area (Å²) in [6.45, 7) is 6.59. The summed E-state index contributed by atoms with van der Waals surface area (Å²) < 4.78 is 5.38. The monoisotopic (exact) mass is 388 g/mol. The van der Waals surface area contributed by atoms with E-state index in [9.17, 15) is 9.59 Å². The summed E-state index contributed by atoms with van der Waals surface area (Å²) in [6, 6.07) is 13.5. The van der Waals surface area contributed by atoms with Gasteiger partial charge < -0.3 is 15.4 Å². The van der Waals surface area contributed by atoms with Crippen molar-refractivity contribution in [1.82, 2.24) is 10.6 Å². The molecule has 0 spiro atoms. The van der Waals surface area contributed by atoms with Crippen molar-refractivity contribution in [3.05, 3.63) is 64.7 Å². The van der Waals surface area contributed by atoms with Crippen molar-refractivity contribution < 1.29 is 14.3 Å². The van der Waals surface area contributed by atoms with Crippen LogP contribution in [0, 0.1) is 5.92 Å². The van der Waals surface area contributed by atoms with Gasteiger partial charge in [0, 0.05) is 17.1 Å². The van der Waals surface area contributed by atoms with Gasteiger partial charge in [-0.1, -0.05) is 37.6 Å². The molecule has 2 rings (SSSR count). The fourth-order valence-electron chi connectivity index (χ4n) is 2.57. The number of carbonyl (C=O) groups is 2.